The van der Waals surface area contributed by atoms with Crippen molar-refractivity contribution in [3.05, 3.63) is 77.9 Å². The summed E-state index contributed by atoms with van der Waals surface area (Å²) in [4.78, 5) is 53.3. The van der Waals surface area contributed by atoms with Gasteiger partial charge in [-0.25, -0.2) is 4.79 Å². The van der Waals surface area contributed by atoms with E-state index < -0.39 is 36.4 Å². The van der Waals surface area contributed by atoms with E-state index in [1.165, 1.54) is 0 Å². The summed E-state index contributed by atoms with van der Waals surface area (Å²) in [6.45, 7) is 1.36. The topological polar surface area (TPSA) is 92.8 Å². The molecule has 7 heteroatoms. The predicted octanol–water partition coefficient (Wildman–Crippen LogP) is 2.90. The lowest BCUT2D eigenvalue weighted by atomic mass is 9.85. The monoisotopic (exact) mass is 458 g/mol. The third-order valence-electron chi connectivity index (χ3n) is 7.12. The fourth-order valence-electron chi connectivity index (χ4n) is 5.48. The minimum absolute atomic E-state index is 0.0461. The minimum Gasteiger partial charge on any atom is -0.454 e. The van der Waals surface area contributed by atoms with E-state index in [-0.39, 0.29) is 30.1 Å². The molecule has 1 aliphatic heterocycles. The van der Waals surface area contributed by atoms with Gasteiger partial charge < -0.3 is 10.1 Å². The van der Waals surface area contributed by atoms with E-state index in [0.717, 1.165) is 22.4 Å². The first kappa shape index (κ1) is 22.1. The third kappa shape index (κ3) is 3.91. The lowest BCUT2D eigenvalue weighted by molar-refractivity contribution is -0.160. The average Bonchev–Trinajstić information content (AvgIpc) is 3.52. The van der Waals surface area contributed by atoms with Crippen LogP contribution in [0.1, 0.15) is 17.5 Å². The van der Waals surface area contributed by atoms with Crippen molar-refractivity contribution < 1.29 is 23.9 Å². The summed E-state index contributed by atoms with van der Waals surface area (Å²) in [5.41, 5.74) is 2.31. The van der Waals surface area contributed by atoms with E-state index in [9.17, 15) is 19.2 Å². The second-order valence-corrected chi connectivity index (χ2v) is 9.22. The number of esters is 1. The van der Waals surface area contributed by atoms with Gasteiger partial charge in [0.25, 0.3) is 5.91 Å². The first-order valence-corrected chi connectivity index (χ1v) is 11.6. The summed E-state index contributed by atoms with van der Waals surface area (Å²) in [7, 11) is 0. The van der Waals surface area contributed by atoms with Gasteiger partial charge in [0.05, 0.1) is 11.8 Å². The number of aryl methyl sites for hydroxylation is 1. The molecule has 1 heterocycles. The van der Waals surface area contributed by atoms with Crippen molar-refractivity contribution in [2.45, 2.75) is 25.8 Å². The van der Waals surface area contributed by atoms with Gasteiger partial charge in [-0.15, -0.1) is 0 Å². The van der Waals surface area contributed by atoms with Crippen LogP contribution in [-0.4, -0.2) is 41.2 Å². The Morgan fingerprint density at radius 1 is 0.971 bits per heavy atom. The van der Waals surface area contributed by atoms with E-state index in [4.69, 9.17) is 4.74 Å². The largest absolute Gasteiger partial charge is 0.454 e. The van der Waals surface area contributed by atoms with Crippen LogP contribution in [0.15, 0.2) is 66.7 Å². The van der Waals surface area contributed by atoms with E-state index in [2.05, 4.69) is 5.32 Å². The molecule has 0 spiro atoms. The molecule has 2 fully saturated rings. The Morgan fingerprint density at radius 3 is 2.24 bits per heavy atom. The van der Waals surface area contributed by atoms with Crippen LogP contribution in [0.5, 0.6) is 0 Å². The highest BCUT2D eigenvalue weighted by molar-refractivity contribution is 6.09. The molecule has 0 radical (unpaired) electrons. The Bertz CT molecular complexity index is 1140. The molecule has 5 rings (SSSR count). The maximum absolute atomic E-state index is 13.3. The summed E-state index contributed by atoms with van der Waals surface area (Å²) in [5, 5.41) is 2.72. The molecule has 1 N–H and O–H groups in total. The predicted molar refractivity (Wildman–Crippen MR) is 124 cm³/mol. The lowest BCUT2D eigenvalue weighted by Gasteiger charge is -2.26. The zero-order valence-corrected chi connectivity index (χ0v) is 18.8. The maximum Gasteiger partial charge on any atom is 0.330 e. The van der Waals surface area contributed by atoms with E-state index >= 15 is 0 Å². The van der Waals surface area contributed by atoms with Crippen LogP contribution < -0.4 is 5.32 Å². The molecule has 5 atom stereocenters. The maximum atomic E-state index is 13.3. The molecule has 0 unspecified atom stereocenters. The van der Waals surface area contributed by atoms with Crippen molar-refractivity contribution in [2.24, 2.45) is 23.7 Å². The number of fused-ring (bicyclic) bond motifs is 5. The number of allylic oxidation sites excluding steroid dienone is 2. The van der Waals surface area contributed by atoms with Gasteiger partial charge in [0.1, 0.15) is 6.04 Å². The van der Waals surface area contributed by atoms with E-state index in [0.29, 0.717) is 5.69 Å². The van der Waals surface area contributed by atoms with E-state index in [1.807, 2.05) is 61.5 Å². The summed E-state index contributed by atoms with van der Waals surface area (Å²) >= 11 is 0. The molecular formula is C27H26N2O5. The highest BCUT2D eigenvalue weighted by Gasteiger charge is 2.61. The Labute approximate surface area is 197 Å². The molecular weight excluding hydrogens is 432 g/mol. The molecule has 3 aliphatic rings. The number of rotatable bonds is 7. The van der Waals surface area contributed by atoms with Gasteiger partial charge in [-0.1, -0.05) is 60.7 Å². The van der Waals surface area contributed by atoms with Crippen molar-refractivity contribution in [1.82, 2.24) is 4.90 Å². The van der Waals surface area contributed by atoms with Gasteiger partial charge in [-0.05, 0) is 42.4 Å². The number of amides is 3. The molecule has 2 aliphatic carbocycles. The highest BCUT2D eigenvalue weighted by atomic mass is 16.5. The number of carbonyl (C=O) groups is 4. The average molecular weight is 459 g/mol. The molecule has 1 saturated carbocycles. The van der Waals surface area contributed by atoms with Crippen LogP contribution in [0.2, 0.25) is 0 Å². The number of benzene rings is 2. The SMILES string of the molecule is Cc1ccccc1NC(=O)COC(=O)[C@H](Cc1ccccc1)N1C(=O)[C@H]2[C@H](C1=O)[C@H]1C=C[C@H]2C1. The van der Waals surface area contributed by atoms with Crippen LogP contribution in [0, 0.1) is 30.6 Å². The van der Waals surface area contributed by atoms with Gasteiger partial charge in [-0.2, -0.15) is 0 Å². The first-order chi connectivity index (χ1) is 16.4. The number of hydrogen-bond acceptors (Lipinski definition) is 5. The number of imide groups is 1. The second kappa shape index (κ2) is 8.89. The number of nitrogens with zero attached hydrogens (tertiary/aromatic N) is 1. The molecule has 2 aromatic carbocycles. The van der Waals surface area contributed by atoms with Gasteiger partial charge >= 0.3 is 5.97 Å². The second-order valence-electron chi connectivity index (χ2n) is 9.22. The molecule has 3 amide bonds. The normalized spacial score (nSPS) is 25.4. The van der Waals surface area contributed by atoms with Crippen LogP contribution in [-0.2, 0) is 30.3 Å². The van der Waals surface area contributed by atoms with Gasteiger partial charge in [-0.3, -0.25) is 19.3 Å². The number of hydrogen-bond donors (Lipinski definition) is 1. The fourth-order valence-corrected chi connectivity index (χ4v) is 5.48. The molecule has 174 valence electrons. The molecule has 7 nitrogen and oxygen atoms in total. The zero-order chi connectivity index (χ0) is 23.8. The summed E-state index contributed by atoms with van der Waals surface area (Å²) in [5.74, 6) is -2.58. The Kier molecular flexibility index (Phi) is 5.77. The fraction of sp³-hybridized carbons (Fsp3) is 0.333. The summed E-state index contributed by atoms with van der Waals surface area (Å²) < 4.78 is 5.34. The van der Waals surface area contributed by atoms with Crippen LogP contribution in [0.4, 0.5) is 5.69 Å². The Hall–Kier alpha value is -3.74. The molecule has 1 saturated heterocycles. The van der Waals surface area contributed by atoms with Crippen molar-refractivity contribution in [3.8, 4) is 0 Å². The Morgan fingerprint density at radius 2 is 1.59 bits per heavy atom. The number of nitrogens with one attached hydrogen (secondary N) is 1. The van der Waals surface area contributed by atoms with Crippen molar-refractivity contribution in [2.75, 3.05) is 11.9 Å². The number of para-hydroxylation sites is 1. The van der Waals surface area contributed by atoms with Crippen molar-refractivity contribution in [3.63, 3.8) is 0 Å². The lowest BCUT2D eigenvalue weighted by Crippen LogP contribution is -2.48. The summed E-state index contributed by atoms with van der Waals surface area (Å²) in [6.07, 6.45) is 4.98. The van der Waals surface area contributed by atoms with Crippen LogP contribution in [0.3, 0.4) is 0 Å². The quantitative estimate of drug-likeness (QED) is 0.391. The van der Waals surface area contributed by atoms with Crippen LogP contribution >= 0.6 is 0 Å². The van der Waals surface area contributed by atoms with Gasteiger partial charge in [0.15, 0.2) is 6.61 Å². The van der Waals surface area contributed by atoms with Gasteiger partial charge in [0, 0.05) is 12.1 Å². The molecule has 34 heavy (non-hydrogen) atoms. The number of likely N-dealkylation sites (tertiary alicyclic amines) is 1. The minimum atomic E-state index is -1.11. The Balaban J connectivity index is 1.32. The molecule has 2 aromatic rings. The highest BCUT2D eigenvalue weighted by Crippen LogP contribution is 2.53. The molecule has 2 bridgehead atoms. The van der Waals surface area contributed by atoms with Crippen LogP contribution in [0.25, 0.3) is 0 Å². The van der Waals surface area contributed by atoms with E-state index in [1.54, 1.807) is 12.1 Å². The number of anilines is 1. The zero-order valence-electron chi connectivity index (χ0n) is 18.8. The first-order valence-electron chi connectivity index (χ1n) is 11.6. The standard InChI is InChI=1S/C27H26N2O5/c1-16-7-5-6-10-20(16)28-22(30)15-34-27(33)21(13-17-8-3-2-4-9-17)29-25(31)23-18-11-12-19(14-18)24(23)26(29)32/h2-12,18-19,21,23-24H,13-15H2,1H3,(H,28,30)/t18-,19-,21-,23+,24+/m0/s1. The van der Waals surface area contributed by atoms with Crippen molar-refractivity contribution in [1.29, 1.82) is 0 Å². The van der Waals surface area contributed by atoms with Gasteiger partial charge in [0.2, 0.25) is 11.8 Å². The number of carbonyl (C=O) groups excluding carboxylic acids is 4. The van der Waals surface area contributed by atoms with Crippen molar-refractivity contribution >= 4 is 29.4 Å². The number of ether oxygens (including phenoxy) is 1. The summed E-state index contributed by atoms with van der Waals surface area (Å²) in [6, 6.07) is 15.4. The smallest absolute Gasteiger partial charge is 0.330 e. The molecule has 0 aromatic heterocycles. The third-order valence-corrected chi connectivity index (χ3v) is 7.12.